The van der Waals surface area contributed by atoms with E-state index in [2.05, 4.69) is 11.0 Å². The molecule has 0 aromatic heterocycles. The third kappa shape index (κ3) is 4.05. The first-order valence-corrected chi connectivity index (χ1v) is 7.29. The molecule has 1 fully saturated rings. The van der Waals surface area contributed by atoms with Gasteiger partial charge in [0.1, 0.15) is 0 Å². The second kappa shape index (κ2) is 7.41. The number of likely N-dealkylation sites (tertiary alicyclic amines) is 1. The highest BCUT2D eigenvalue weighted by Crippen LogP contribution is 2.19. The standard InChI is InChI=1S/C16H24N2O2/c1-20-16(19)9-14-6-2-3-7-15(14)12-18-8-4-5-13(10-17)11-18/h2-3,6-7,13H,4-5,8-12,17H2,1H3. The molecule has 1 aliphatic heterocycles. The van der Waals surface area contributed by atoms with Gasteiger partial charge in [0.05, 0.1) is 13.5 Å². The summed E-state index contributed by atoms with van der Waals surface area (Å²) in [5, 5.41) is 0. The first-order chi connectivity index (χ1) is 9.72. The van der Waals surface area contributed by atoms with Crippen molar-refractivity contribution in [2.45, 2.75) is 25.8 Å². The van der Waals surface area contributed by atoms with Crippen molar-refractivity contribution < 1.29 is 9.53 Å². The Kier molecular flexibility index (Phi) is 5.56. The highest BCUT2D eigenvalue weighted by molar-refractivity contribution is 5.72. The lowest BCUT2D eigenvalue weighted by Gasteiger charge is -2.32. The fourth-order valence-corrected chi connectivity index (χ4v) is 2.84. The summed E-state index contributed by atoms with van der Waals surface area (Å²) in [5.41, 5.74) is 8.07. The van der Waals surface area contributed by atoms with Crippen molar-refractivity contribution in [1.82, 2.24) is 4.90 Å². The van der Waals surface area contributed by atoms with Crippen LogP contribution in [0.2, 0.25) is 0 Å². The van der Waals surface area contributed by atoms with Crippen molar-refractivity contribution in [3.8, 4) is 0 Å². The van der Waals surface area contributed by atoms with Gasteiger partial charge < -0.3 is 10.5 Å². The quantitative estimate of drug-likeness (QED) is 0.830. The molecule has 0 saturated carbocycles. The number of carbonyl (C=O) groups is 1. The van der Waals surface area contributed by atoms with Crippen LogP contribution in [0.15, 0.2) is 24.3 Å². The van der Waals surface area contributed by atoms with E-state index < -0.39 is 0 Å². The number of carbonyl (C=O) groups excluding carboxylic acids is 1. The van der Waals surface area contributed by atoms with Crippen molar-refractivity contribution >= 4 is 5.97 Å². The van der Waals surface area contributed by atoms with Crippen molar-refractivity contribution in [3.63, 3.8) is 0 Å². The molecule has 1 aromatic rings. The number of methoxy groups -OCH3 is 1. The van der Waals surface area contributed by atoms with Crippen LogP contribution < -0.4 is 5.73 Å². The number of benzene rings is 1. The van der Waals surface area contributed by atoms with Crippen LogP contribution in [0.3, 0.4) is 0 Å². The maximum absolute atomic E-state index is 11.5. The SMILES string of the molecule is COC(=O)Cc1ccccc1CN1CCCC(CN)C1. The highest BCUT2D eigenvalue weighted by Gasteiger charge is 2.19. The van der Waals surface area contributed by atoms with Gasteiger partial charge in [-0.1, -0.05) is 24.3 Å². The maximum atomic E-state index is 11.5. The average molecular weight is 276 g/mol. The van der Waals surface area contributed by atoms with E-state index in [0.29, 0.717) is 12.3 Å². The largest absolute Gasteiger partial charge is 0.469 e. The van der Waals surface area contributed by atoms with E-state index in [1.807, 2.05) is 18.2 Å². The minimum absolute atomic E-state index is 0.184. The molecule has 2 rings (SSSR count). The van der Waals surface area contributed by atoms with Crippen LogP contribution >= 0.6 is 0 Å². The number of nitrogens with zero attached hydrogens (tertiary/aromatic N) is 1. The topological polar surface area (TPSA) is 55.6 Å². The fourth-order valence-electron chi connectivity index (χ4n) is 2.84. The Balaban J connectivity index is 2.03. The van der Waals surface area contributed by atoms with Gasteiger partial charge in [-0.3, -0.25) is 9.69 Å². The molecule has 0 radical (unpaired) electrons. The molecular weight excluding hydrogens is 252 g/mol. The second-order valence-corrected chi connectivity index (χ2v) is 5.50. The molecule has 4 nitrogen and oxygen atoms in total. The molecule has 1 heterocycles. The van der Waals surface area contributed by atoms with Crippen LogP contribution in [-0.2, 0) is 22.5 Å². The van der Waals surface area contributed by atoms with E-state index in [1.54, 1.807) is 0 Å². The zero-order valence-electron chi connectivity index (χ0n) is 12.2. The smallest absolute Gasteiger partial charge is 0.309 e. The van der Waals surface area contributed by atoms with Gasteiger partial charge in [-0.2, -0.15) is 0 Å². The minimum atomic E-state index is -0.184. The predicted octanol–water partition coefficient (Wildman–Crippen LogP) is 1.57. The third-order valence-electron chi connectivity index (χ3n) is 4.01. The molecule has 1 atom stereocenters. The van der Waals surface area contributed by atoms with Gasteiger partial charge in [0.2, 0.25) is 0 Å². The number of esters is 1. The van der Waals surface area contributed by atoms with Crippen molar-refractivity contribution in [3.05, 3.63) is 35.4 Å². The summed E-state index contributed by atoms with van der Waals surface area (Å²) in [6, 6.07) is 8.11. The number of piperidine rings is 1. The summed E-state index contributed by atoms with van der Waals surface area (Å²) >= 11 is 0. The summed E-state index contributed by atoms with van der Waals surface area (Å²) in [6.07, 6.45) is 2.79. The number of nitrogens with two attached hydrogens (primary N) is 1. The molecular formula is C16H24N2O2. The van der Waals surface area contributed by atoms with Crippen molar-refractivity contribution in [1.29, 1.82) is 0 Å². The van der Waals surface area contributed by atoms with Gasteiger partial charge in [0.15, 0.2) is 0 Å². The van der Waals surface area contributed by atoms with Gasteiger partial charge in [-0.25, -0.2) is 0 Å². The zero-order valence-corrected chi connectivity index (χ0v) is 12.2. The van der Waals surface area contributed by atoms with E-state index in [9.17, 15) is 4.79 Å². The number of ether oxygens (including phenoxy) is 1. The van der Waals surface area contributed by atoms with Gasteiger partial charge in [-0.05, 0) is 43.0 Å². The monoisotopic (exact) mass is 276 g/mol. The van der Waals surface area contributed by atoms with E-state index in [-0.39, 0.29) is 5.97 Å². The van der Waals surface area contributed by atoms with Crippen LogP contribution in [-0.4, -0.2) is 37.6 Å². The molecule has 1 saturated heterocycles. The third-order valence-corrected chi connectivity index (χ3v) is 4.01. The summed E-state index contributed by atoms with van der Waals surface area (Å²) in [7, 11) is 1.43. The lowest BCUT2D eigenvalue weighted by Crippen LogP contribution is -2.38. The Bertz CT molecular complexity index is 448. The van der Waals surface area contributed by atoms with Gasteiger partial charge in [-0.15, -0.1) is 0 Å². The lowest BCUT2D eigenvalue weighted by molar-refractivity contribution is -0.139. The summed E-state index contributed by atoms with van der Waals surface area (Å²) in [5.74, 6) is 0.424. The van der Waals surface area contributed by atoms with E-state index in [0.717, 1.165) is 31.7 Å². The first-order valence-electron chi connectivity index (χ1n) is 7.29. The van der Waals surface area contributed by atoms with Crippen molar-refractivity contribution in [2.24, 2.45) is 11.7 Å². The molecule has 0 bridgehead atoms. The van der Waals surface area contributed by atoms with Crippen LogP contribution in [0.25, 0.3) is 0 Å². The molecule has 2 N–H and O–H groups in total. The Morgan fingerprint density at radius 1 is 1.40 bits per heavy atom. The molecule has 1 aromatic carbocycles. The Morgan fingerprint density at radius 3 is 2.85 bits per heavy atom. The molecule has 1 unspecified atom stereocenters. The van der Waals surface area contributed by atoms with Gasteiger partial charge in [0, 0.05) is 13.1 Å². The number of rotatable bonds is 5. The van der Waals surface area contributed by atoms with Crippen LogP contribution in [0.1, 0.15) is 24.0 Å². The van der Waals surface area contributed by atoms with E-state index in [4.69, 9.17) is 10.5 Å². The number of hydrogen-bond donors (Lipinski definition) is 1. The van der Waals surface area contributed by atoms with E-state index >= 15 is 0 Å². The predicted molar refractivity (Wildman–Crippen MR) is 79.2 cm³/mol. The van der Waals surface area contributed by atoms with Crippen molar-refractivity contribution in [2.75, 3.05) is 26.7 Å². The minimum Gasteiger partial charge on any atom is -0.469 e. The second-order valence-electron chi connectivity index (χ2n) is 5.50. The zero-order chi connectivity index (χ0) is 14.4. The summed E-state index contributed by atoms with van der Waals surface area (Å²) < 4.78 is 4.76. The Hall–Kier alpha value is -1.39. The van der Waals surface area contributed by atoms with Crippen LogP contribution in [0.5, 0.6) is 0 Å². The fraction of sp³-hybridized carbons (Fsp3) is 0.562. The molecule has 110 valence electrons. The van der Waals surface area contributed by atoms with Crippen LogP contribution in [0, 0.1) is 5.92 Å². The van der Waals surface area contributed by atoms with Gasteiger partial charge >= 0.3 is 5.97 Å². The summed E-state index contributed by atoms with van der Waals surface area (Å²) in [6.45, 7) is 3.83. The maximum Gasteiger partial charge on any atom is 0.309 e. The van der Waals surface area contributed by atoms with Gasteiger partial charge in [0.25, 0.3) is 0 Å². The summed E-state index contributed by atoms with van der Waals surface area (Å²) in [4.78, 5) is 13.9. The molecule has 0 spiro atoms. The normalized spacial score (nSPS) is 19.8. The Morgan fingerprint density at radius 2 is 2.15 bits per heavy atom. The first kappa shape index (κ1) is 15.0. The molecule has 1 aliphatic rings. The van der Waals surface area contributed by atoms with E-state index in [1.165, 1.54) is 25.5 Å². The Labute approximate surface area is 120 Å². The van der Waals surface area contributed by atoms with Crippen LogP contribution in [0.4, 0.5) is 0 Å². The average Bonchev–Trinajstić information content (AvgIpc) is 2.49. The molecule has 20 heavy (non-hydrogen) atoms. The lowest BCUT2D eigenvalue weighted by atomic mass is 9.97. The molecule has 4 heteroatoms. The molecule has 0 aliphatic carbocycles. The number of hydrogen-bond acceptors (Lipinski definition) is 4. The molecule has 0 amide bonds. The highest BCUT2D eigenvalue weighted by atomic mass is 16.5.